The zero-order chi connectivity index (χ0) is 19.5. The molecule has 0 aliphatic heterocycles. The molecule has 140 valence electrons. The Bertz CT molecular complexity index is 1130. The Hall–Kier alpha value is -2.54. The van der Waals surface area contributed by atoms with Crippen molar-refractivity contribution in [3.8, 4) is 10.6 Å². The molecule has 0 radical (unpaired) electrons. The Morgan fingerprint density at radius 2 is 1.79 bits per heavy atom. The summed E-state index contributed by atoms with van der Waals surface area (Å²) in [5, 5.41) is 7.05. The van der Waals surface area contributed by atoms with Gasteiger partial charge in [0.05, 0.1) is 15.2 Å². The monoisotopic (exact) mass is 425 g/mol. The Morgan fingerprint density at radius 1 is 1.00 bits per heavy atom. The molecule has 3 aromatic carbocycles. The van der Waals surface area contributed by atoms with E-state index >= 15 is 0 Å². The van der Waals surface area contributed by atoms with E-state index in [1.807, 2.05) is 66.9 Å². The standard InChI is InChI=1S/C21H16ClN3OS2/c1-27-15-6-4-5-13(11-15)23-21(26)24-14-9-10-16(17(22)12-14)20-25-18-7-2-3-8-19(18)28-20/h2-12H,1H3,(H2,23,24,26). The number of carbonyl (C=O) groups excluding carboxylic acids is 1. The highest BCUT2D eigenvalue weighted by Crippen LogP contribution is 2.35. The predicted octanol–water partition coefficient (Wildman–Crippen LogP) is 6.98. The molecular weight excluding hydrogens is 410 g/mol. The first-order valence-corrected chi connectivity index (χ1v) is 10.9. The van der Waals surface area contributed by atoms with Crippen molar-refractivity contribution in [3.05, 3.63) is 71.8 Å². The number of para-hydroxylation sites is 1. The van der Waals surface area contributed by atoms with Crippen LogP contribution in [0, 0.1) is 0 Å². The number of aromatic nitrogens is 1. The summed E-state index contributed by atoms with van der Waals surface area (Å²) in [6, 6.07) is 20.8. The number of hydrogen-bond donors (Lipinski definition) is 2. The maximum Gasteiger partial charge on any atom is 0.323 e. The fraction of sp³-hybridized carbons (Fsp3) is 0.0476. The van der Waals surface area contributed by atoms with Gasteiger partial charge in [-0.2, -0.15) is 0 Å². The molecule has 4 rings (SSSR count). The van der Waals surface area contributed by atoms with Crippen LogP contribution in [0.4, 0.5) is 16.2 Å². The molecule has 2 amide bonds. The van der Waals surface area contributed by atoms with E-state index in [2.05, 4.69) is 15.6 Å². The third-order valence-electron chi connectivity index (χ3n) is 4.08. The third kappa shape index (κ3) is 4.14. The Kier molecular flexibility index (Phi) is 5.52. The van der Waals surface area contributed by atoms with E-state index in [4.69, 9.17) is 11.6 Å². The van der Waals surface area contributed by atoms with E-state index in [0.717, 1.165) is 31.4 Å². The van der Waals surface area contributed by atoms with E-state index < -0.39 is 0 Å². The van der Waals surface area contributed by atoms with Crippen LogP contribution in [0.15, 0.2) is 71.6 Å². The third-order valence-corrected chi connectivity index (χ3v) is 6.19. The second-order valence-corrected chi connectivity index (χ2v) is 8.31. The van der Waals surface area contributed by atoms with Gasteiger partial charge >= 0.3 is 6.03 Å². The van der Waals surface area contributed by atoms with Crippen LogP contribution in [0.3, 0.4) is 0 Å². The second kappa shape index (κ2) is 8.22. The number of halogens is 1. The van der Waals surface area contributed by atoms with Crippen molar-refractivity contribution in [2.75, 3.05) is 16.9 Å². The summed E-state index contributed by atoms with van der Waals surface area (Å²) in [5.41, 5.74) is 3.16. The number of hydrogen-bond acceptors (Lipinski definition) is 4. The van der Waals surface area contributed by atoms with E-state index in [0.29, 0.717) is 10.7 Å². The largest absolute Gasteiger partial charge is 0.323 e. The summed E-state index contributed by atoms with van der Waals surface area (Å²) in [6.07, 6.45) is 1.99. The number of nitrogens with one attached hydrogen (secondary N) is 2. The number of nitrogens with zero attached hydrogens (tertiary/aromatic N) is 1. The molecule has 0 atom stereocenters. The summed E-state index contributed by atoms with van der Waals surface area (Å²) >= 11 is 9.68. The van der Waals surface area contributed by atoms with Crippen molar-refractivity contribution in [2.24, 2.45) is 0 Å². The summed E-state index contributed by atoms with van der Waals surface area (Å²) in [7, 11) is 0. The zero-order valence-electron chi connectivity index (χ0n) is 14.9. The maximum atomic E-state index is 12.3. The lowest BCUT2D eigenvalue weighted by atomic mass is 10.2. The molecule has 0 spiro atoms. The molecule has 0 fully saturated rings. The van der Waals surface area contributed by atoms with Crippen molar-refractivity contribution < 1.29 is 4.79 Å². The van der Waals surface area contributed by atoms with Crippen LogP contribution in [0.25, 0.3) is 20.8 Å². The highest BCUT2D eigenvalue weighted by molar-refractivity contribution is 7.98. The molecule has 0 unspecified atom stereocenters. The van der Waals surface area contributed by atoms with Crippen LogP contribution < -0.4 is 10.6 Å². The van der Waals surface area contributed by atoms with Crippen molar-refractivity contribution in [1.82, 2.24) is 4.98 Å². The summed E-state index contributed by atoms with van der Waals surface area (Å²) in [6.45, 7) is 0. The molecule has 28 heavy (non-hydrogen) atoms. The molecule has 0 bridgehead atoms. The van der Waals surface area contributed by atoms with E-state index in [1.54, 1.807) is 29.2 Å². The minimum atomic E-state index is -0.318. The predicted molar refractivity (Wildman–Crippen MR) is 121 cm³/mol. The molecule has 2 N–H and O–H groups in total. The molecule has 1 heterocycles. The van der Waals surface area contributed by atoms with Crippen LogP contribution in [0.5, 0.6) is 0 Å². The van der Waals surface area contributed by atoms with Crippen LogP contribution >= 0.6 is 34.7 Å². The van der Waals surface area contributed by atoms with Gasteiger partial charge in [0.25, 0.3) is 0 Å². The number of thioether (sulfide) groups is 1. The molecule has 4 nitrogen and oxygen atoms in total. The lowest BCUT2D eigenvalue weighted by Crippen LogP contribution is -2.19. The van der Waals surface area contributed by atoms with Gasteiger partial charge in [-0.3, -0.25) is 0 Å². The van der Waals surface area contributed by atoms with Crippen LogP contribution in [-0.2, 0) is 0 Å². The molecular formula is C21H16ClN3OS2. The van der Waals surface area contributed by atoms with Crippen LogP contribution in [0.1, 0.15) is 0 Å². The SMILES string of the molecule is CSc1cccc(NC(=O)Nc2ccc(-c3nc4ccccc4s3)c(Cl)c2)c1. The molecule has 7 heteroatoms. The lowest BCUT2D eigenvalue weighted by molar-refractivity contribution is 0.262. The molecule has 0 aliphatic carbocycles. The second-order valence-electron chi connectivity index (χ2n) is 5.99. The van der Waals surface area contributed by atoms with Gasteiger partial charge in [0.15, 0.2) is 0 Å². The maximum absolute atomic E-state index is 12.3. The average Bonchev–Trinajstić information content (AvgIpc) is 3.12. The molecule has 4 aromatic rings. The minimum absolute atomic E-state index is 0.318. The quantitative estimate of drug-likeness (QED) is 0.346. The summed E-state index contributed by atoms with van der Waals surface area (Å²) in [5.74, 6) is 0. The number of anilines is 2. The van der Waals surface area contributed by atoms with Gasteiger partial charge in [-0.1, -0.05) is 29.8 Å². The fourth-order valence-corrected chi connectivity index (χ4v) is 4.54. The van der Waals surface area contributed by atoms with Gasteiger partial charge < -0.3 is 10.6 Å². The van der Waals surface area contributed by atoms with E-state index in [-0.39, 0.29) is 6.03 Å². The van der Waals surface area contributed by atoms with Crippen molar-refractivity contribution in [1.29, 1.82) is 0 Å². The topological polar surface area (TPSA) is 54.0 Å². The fourth-order valence-electron chi connectivity index (χ4n) is 2.75. The van der Waals surface area contributed by atoms with Crippen molar-refractivity contribution >= 4 is 62.3 Å². The zero-order valence-corrected chi connectivity index (χ0v) is 17.3. The highest BCUT2D eigenvalue weighted by Gasteiger charge is 2.11. The van der Waals surface area contributed by atoms with Gasteiger partial charge in [0.2, 0.25) is 0 Å². The van der Waals surface area contributed by atoms with Gasteiger partial charge in [-0.05, 0) is 54.8 Å². The minimum Gasteiger partial charge on any atom is -0.308 e. The summed E-state index contributed by atoms with van der Waals surface area (Å²) < 4.78 is 1.11. The first-order chi connectivity index (χ1) is 13.6. The molecule has 1 aromatic heterocycles. The average molecular weight is 426 g/mol. The number of amides is 2. The van der Waals surface area contributed by atoms with Crippen molar-refractivity contribution in [3.63, 3.8) is 0 Å². The molecule has 0 aliphatic rings. The number of carbonyl (C=O) groups is 1. The van der Waals surface area contributed by atoms with E-state index in [1.165, 1.54) is 0 Å². The molecule has 0 saturated heterocycles. The normalized spacial score (nSPS) is 10.8. The lowest BCUT2D eigenvalue weighted by Gasteiger charge is -2.10. The number of urea groups is 1. The number of rotatable bonds is 4. The first kappa shape index (κ1) is 18.8. The smallest absolute Gasteiger partial charge is 0.308 e. The number of fused-ring (bicyclic) bond motifs is 1. The Morgan fingerprint density at radius 3 is 2.54 bits per heavy atom. The van der Waals surface area contributed by atoms with Gasteiger partial charge in [-0.15, -0.1) is 23.1 Å². The number of benzene rings is 3. The Labute approximate surface area is 176 Å². The highest BCUT2D eigenvalue weighted by atomic mass is 35.5. The number of thiazole rings is 1. The first-order valence-electron chi connectivity index (χ1n) is 8.50. The van der Waals surface area contributed by atoms with Gasteiger partial charge in [-0.25, -0.2) is 9.78 Å². The summed E-state index contributed by atoms with van der Waals surface area (Å²) in [4.78, 5) is 18.0. The van der Waals surface area contributed by atoms with E-state index in [9.17, 15) is 4.79 Å². The van der Waals surface area contributed by atoms with Crippen molar-refractivity contribution in [2.45, 2.75) is 4.90 Å². The Balaban J connectivity index is 1.50. The van der Waals surface area contributed by atoms with Gasteiger partial charge in [0, 0.05) is 21.8 Å². The van der Waals surface area contributed by atoms with Crippen LogP contribution in [-0.4, -0.2) is 17.3 Å². The molecule has 0 saturated carbocycles. The van der Waals surface area contributed by atoms with Crippen LogP contribution in [0.2, 0.25) is 5.02 Å². The van der Waals surface area contributed by atoms with Gasteiger partial charge in [0.1, 0.15) is 5.01 Å².